The molecule has 0 unspecified atom stereocenters. The third kappa shape index (κ3) is 4.17. The van der Waals surface area contributed by atoms with Gasteiger partial charge in [0.15, 0.2) is 0 Å². The van der Waals surface area contributed by atoms with Gasteiger partial charge < -0.3 is 19.9 Å². The Morgan fingerprint density at radius 2 is 1.86 bits per heavy atom. The summed E-state index contributed by atoms with van der Waals surface area (Å²) in [7, 11) is 1.51. The third-order valence-corrected chi connectivity index (χ3v) is 5.32. The molecule has 1 fully saturated rings. The highest BCUT2D eigenvalue weighted by atomic mass is 16.5. The van der Waals surface area contributed by atoms with Crippen molar-refractivity contribution in [3.05, 3.63) is 65.2 Å². The van der Waals surface area contributed by atoms with Crippen molar-refractivity contribution in [1.82, 2.24) is 5.32 Å². The Hall–Kier alpha value is -2.86. The Morgan fingerprint density at radius 3 is 2.50 bits per heavy atom. The minimum Gasteiger partial charge on any atom is -0.496 e. The molecule has 0 aliphatic carbocycles. The summed E-state index contributed by atoms with van der Waals surface area (Å²) in [5.41, 5.74) is 1.47. The molecule has 0 aromatic heterocycles. The van der Waals surface area contributed by atoms with E-state index < -0.39 is 11.4 Å². The molecule has 0 atom stereocenters. The van der Waals surface area contributed by atoms with Gasteiger partial charge in [-0.1, -0.05) is 36.4 Å². The average molecular weight is 383 g/mol. The van der Waals surface area contributed by atoms with Gasteiger partial charge in [0.25, 0.3) is 0 Å². The van der Waals surface area contributed by atoms with Gasteiger partial charge in [0.2, 0.25) is 5.91 Å². The smallest absolute Gasteiger partial charge is 0.335 e. The van der Waals surface area contributed by atoms with Crippen LogP contribution < -0.4 is 10.1 Å². The fourth-order valence-electron chi connectivity index (χ4n) is 3.69. The Bertz CT molecular complexity index is 828. The van der Waals surface area contributed by atoms with Gasteiger partial charge in [-0.25, -0.2) is 4.79 Å². The van der Waals surface area contributed by atoms with Crippen molar-refractivity contribution < 1.29 is 24.2 Å². The zero-order valence-electron chi connectivity index (χ0n) is 15.9. The molecule has 1 aliphatic rings. The van der Waals surface area contributed by atoms with Crippen molar-refractivity contribution in [2.45, 2.75) is 24.7 Å². The van der Waals surface area contributed by atoms with Gasteiger partial charge in [-0.2, -0.15) is 0 Å². The second-order valence-corrected chi connectivity index (χ2v) is 6.90. The predicted octanol–water partition coefficient (Wildman–Crippen LogP) is 2.80. The molecule has 1 saturated heterocycles. The first-order chi connectivity index (χ1) is 13.6. The standard InChI is InChI=1S/C22H25NO5/c1-27-19-15-17(20(24)25)8-7-16(19)9-12-23-21(26)22(10-13-28-14-11-22)18-5-3-2-4-6-18/h2-8,15H,9-14H2,1H3,(H,23,26)(H,24,25). The number of carbonyl (C=O) groups excluding carboxylic acids is 1. The van der Waals surface area contributed by atoms with Crippen molar-refractivity contribution in [2.75, 3.05) is 26.9 Å². The average Bonchev–Trinajstić information content (AvgIpc) is 2.74. The van der Waals surface area contributed by atoms with E-state index in [1.165, 1.54) is 13.2 Å². The van der Waals surface area contributed by atoms with Crippen LogP contribution in [0.2, 0.25) is 0 Å². The van der Waals surface area contributed by atoms with E-state index in [0.717, 1.165) is 11.1 Å². The van der Waals surface area contributed by atoms with Crippen molar-refractivity contribution in [3.63, 3.8) is 0 Å². The number of methoxy groups -OCH3 is 1. The number of nitrogens with one attached hydrogen (secondary N) is 1. The van der Waals surface area contributed by atoms with Crippen LogP contribution in [0.4, 0.5) is 0 Å². The fraction of sp³-hybridized carbons (Fsp3) is 0.364. The molecule has 148 valence electrons. The van der Waals surface area contributed by atoms with E-state index in [1.54, 1.807) is 12.1 Å². The topological polar surface area (TPSA) is 84.9 Å². The van der Waals surface area contributed by atoms with Crippen LogP contribution in [0.25, 0.3) is 0 Å². The summed E-state index contributed by atoms with van der Waals surface area (Å²) in [6.45, 7) is 1.57. The van der Waals surface area contributed by atoms with E-state index in [4.69, 9.17) is 14.6 Å². The molecule has 0 saturated carbocycles. The minimum atomic E-state index is -0.998. The number of amides is 1. The van der Waals surface area contributed by atoms with Crippen LogP contribution in [-0.2, 0) is 21.4 Å². The minimum absolute atomic E-state index is 0.00289. The number of rotatable bonds is 7. The van der Waals surface area contributed by atoms with E-state index in [-0.39, 0.29) is 11.5 Å². The number of ether oxygens (including phenoxy) is 2. The van der Waals surface area contributed by atoms with Gasteiger partial charge in [0.1, 0.15) is 5.75 Å². The van der Waals surface area contributed by atoms with Crippen LogP contribution in [0.15, 0.2) is 48.5 Å². The fourth-order valence-corrected chi connectivity index (χ4v) is 3.69. The second kappa shape index (κ2) is 8.89. The van der Waals surface area contributed by atoms with Crippen LogP contribution in [0, 0.1) is 0 Å². The quantitative estimate of drug-likeness (QED) is 0.768. The highest BCUT2D eigenvalue weighted by Gasteiger charge is 2.41. The van der Waals surface area contributed by atoms with Crippen molar-refractivity contribution in [2.24, 2.45) is 0 Å². The Labute approximate surface area is 164 Å². The first-order valence-corrected chi connectivity index (χ1v) is 9.38. The maximum atomic E-state index is 13.1. The first kappa shape index (κ1) is 19.9. The van der Waals surface area contributed by atoms with Crippen LogP contribution in [-0.4, -0.2) is 43.9 Å². The number of carboxylic acid groups (broad SMARTS) is 1. The number of aromatic carboxylic acids is 1. The molecule has 3 rings (SSSR count). The summed E-state index contributed by atoms with van der Waals surface area (Å²) in [4.78, 5) is 24.2. The van der Waals surface area contributed by atoms with Crippen molar-refractivity contribution >= 4 is 11.9 Å². The lowest BCUT2D eigenvalue weighted by molar-refractivity contribution is -0.130. The maximum Gasteiger partial charge on any atom is 0.335 e. The molecular weight excluding hydrogens is 358 g/mol. The molecule has 2 aromatic rings. The molecule has 28 heavy (non-hydrogen) atoms. The van der Waals surface area contributed by atoms with Gasteiger partial charge in [0, 0.05) is 19.8 Å². The van der Waals surface area contributed by atoms with Crippen LogP contribution >= 0.6 is 0 Å². The summed E-state index contributed by atoms with van der Waals surface area (Å²) in [5.74, 6) is -0.483. The highest BCUT2D eigenvalue weighted by Crippen LogP contribution is 2.35. The maximum absolute atomic E-state index is 13.1. The molecule has 1 aliphatic heterocycles. The predicted molar refractivity (Wildman–Crippen MR) is 105 cm³/mol. The molecule has 0 bridgehead atoms. The Morgan fingerprint density at radius 1 is 1.14 bits per heavy atom. The summed E-state index contributed by atoms with van der Waals surface area (Å²) in [6, 6.07) is 14.6. The van der Waals surface area contributed by atoms with Gasteiger partial charge in [0.05, 0.1) is 18.1 Å². The SMILES string of the molecule is COc1cc(C(=O)O)ccc1CCNC(=O)C1(c2ccccc2)CCOCC1. The Balaban J connectivity index is 1.70. The molecule has 2 N–H and O–H groups in total. The van der Waals surface area contributed by atoms with E-state index >= 15 is 0 Å². The third-order valence-electron chi connectivity index (χ3n) is 5.32. The number of carbonyl (C=O) groups is 2. The monoisotopic (exact) mass is 383 g/mol. The molecule has 6 heteroatoms. The lowest BCUT2D eigenvalue weighted by Crippen LogP contribution is -2.48. The lowest BCUT2D eigenvalue weighted by atomic mass is 9.73. The van der Waals surface area contributed by atoms with E-state index in [2.05, 4.69) is 5.32 Å². The number of hydrogen-bond acceptors (Lipinski definition) is 4. The van der Waals surface area contributed by atoms with Gasteiger partial charge >= 0.3 is 5.97 Å². The largest absolute Gasteiger partial charge is 0.496 e. The zero-order chi connectivity index (χ0) is 20.0. The summed E-state index contributed by atoms with van der Waals surface area (Å²) in [5, 5.41) is 12.2. The number of benzene rings is 2. The summed E-state index contributed by atoms with van der Waals surface area (Å²) in [6.07, 6.45) is 1.86. The summed E-state index contributed by atoms with van der Waals surface area (Å²) >= 11 is 0. The van der Waals surface area contributed by atoms with Crippen LogP contribution in [0.1, 0.15) is 34.3 Å². The van der Waals surface area contributed by atoms with Gasteiger partial charge in [-0.05, 0) is 42.5 Å². The summed E-state index contributed by atoms with van der Waals surface area (Å²) < 4.78 is 10.8. The molecule has 0 spiro atoms. The first-order valence-electron chi connectivity index (χ1n) is 9.38. The van der Waals surface area contributed by atoms with Gasteiger partial charge in [-0.15, -0.1) is 0 Å². The molecule has 2 aromatic carbocycles. The molecule has 1 amide bonds. The highest BCUT2D eigenvalue weighted by molar-refractivity contribution is 5.89. The normalized spacial score (nSPS) is 15.6. The zero-order valence-corrected chi connectivity index (χ0v) is 15.9. The van der Waals surface area contributed by atoms with E-state index in [1.807, 2.05) is 30.3 Å². The second-order valence-electron chi connectivity index (χ2n) is 6.90. The van der Waals surface area contributed by atoms with E-state index in [0.29, 0.717) is 44.8 Å². The molecule has 6 nitrogen and oxygen atoms in total. The molecular formula is C22H25NO5. The van der Waals surface area contributed by atoms with Crippen LogP contribution in [0.5, 0.6) is 5.75 Å². The van der Waals surface area contributed by atoms with Crippen molar-refractivity contribution in [3.8, 4) is 5.75 Å². The van der Waals surface area contributed by atoms with Crippen LogP contribution in [0.3, 0.4) is 0 Å². The number of carboxylic acids is 1. The lowest BCUT2D eigenvalue weighted by Gasteiger charge is -2.36. The van der Waals surface area contributed by atoms with E-state index in [9.17, 15) is 9.59 Å². The molecule has 1 heterocycles. The van der Waals surface area contributed by atoms with Crippen molar-refractivity contribution in [1.29, 1.82) is 0 Å². The molecule has 0 radical (unpaired) electrons. The number of hydrogen-bond donors (Lipinski definition) is 2. The Kier molecular flexibility index (Phi) is 6.31. The van der Waals surface area contributed by atoms with Gasteiger partial charge in [-0.3, -0.25) is 4.79 Å².